The number of ether oxygens (including phenoxy) is 1. The Labute approximate surface area is 171 Å². The molecule has 1 aromatic carbocycles. The zero-order valence-electron chi connectivity index (χ0n) is 16.3. The van der Waals surface area contributed by atoms with Gasteiger partial charge in [0.05, 0.1) is 11.9 Å². The summed E-state index contributed by atoms with van der Waals surface area (Å²) in [4.78, 5) is 53.1. The average Bonchev–Trinajstić information content (AvgIpc) is 3.38. The molecule has 0 radical (unpaired) electrons. The van der Waals surface area contributed by atoms with Gasteiger partial charge < -0.3 is 19.9 Å². The van der Waals surface area contributed by atoms with Gasteiger partial charge in [0.1, 0.15) is 11.8 Å². The fourth-order valence-electron chi connectivity index (χ4n) is 3.20. The predicted molar refractivity (Wildman–Crippen MR) is 106 cm³/mol. The van der Waals surface area contributed by atoms with Crippen LogP contribution in [0.5, 0.6) is 0 Å². The van der Waals surface area contributed by atoms with E-state index in [1.807, 2.05) is 0 Å². The van der Waals surface area contributed by atoms with Crippen LogP contribution < -0.4 is 5.32 Å². The summed E-state index contributed by atoms with van der Waals surface area (Å²) in [5.74, 6) is -0.737. The van der Waals surface area contributed by atoms with E-state index < -0.39 is 18.0 Å². The first-order chi connectivity index (χ1) is 14.5. The maximum Gasteiger partial charge on any atom is 0.338 e. The molecule has 2 aromatic heterocycles. The van der Waals surface area contributed by atoms with Crippen molar-refractivity contribution in [2.45, 2.75) is 32.4 Å². The fourth-order valence-corrected chi connectivity index (χ4v) is 3.20. The van der Waals surface area contributed by atoms with Gasteiger partial charge in [-0.15, -0.1) is 0 Å². The Balaban J connectivity index is 1.35. The van der Waals surface area contributed by atoms with Crippen molar-refractivity contribution in [3.8, 4) is 0 Å². The van der Waals surface area contributed by atoms with Crippen LogP contribution in [-0.4, -0.2) is 55.3 Å². The molecule has 1 atom stereocenters. The molecule has 30 heavy (non-hydrogen) atoms. The number of nitrogens with one attached hydrogen (secondary N) is 2. The van der Waals surface area contributed by atoms with Gasteiger partial charge in [-0.05, 0) is 31.0 Å². The highest BCUT2D eigenvalue weighted by atomic mass is 16.5. The second-order valence-corrected chi connectivity index (χ2v) is 6.98. The molecule has 2 amide bonds. The van der Waals surface area contributed by atoms with Crippen LogP contribution in [0.2, 0.25) is 0 Å². The number of H-pyrrole nitrogens is 1. The molecule has 0 bridgehead atoms. The fraction of sp³-hybridized carbons (Fsp3) is 0.300. The predicted octanol–water partition coefficient (Wildman–Crippen LogP) is 1.66. The summed E-state index contributed by atoms with van der Waals surface area (Å²) in [6, 6.07) is 6.81. The highest BCUT2D eigenvalue weighted by Crippen LogP contribution is 2.17. The smallest absolute Gasteiger partial charge is 0.338 e. The van der Waals surface area contributed by atoms with Gasteiger partial charge in [0.15, 0.2) is 17.6 Å². The van der Waals surface area contributed by atoms with Gasteiger partial charge in [-0.25, -0.2) is 19.7 Å². The molecule has 4 rings (SSSR count). The van der Waals surface area contributed by atoms with Crippen molar-refractivity contribution in [1.29, 1.82) is 0 Å². The number of likely N-dealkylation sites (tertiary alicyclic amines) is 1. The molecule has 10 heteroatoms. The number of imidazole rings is 1. The second-order valence-electron chi connectivity index (χ2n) is 6.98. The quantitative estimate of drug-likeness (QED) is 0.593. The third kappa shape index (κ3) is 4.12. The number of benzene rings is 1. The van der Waals surface area contributed by atoms with Crippen LogP contribution in [0.25, 0.3) is 11.2 Å². The summed E-state index contributed by atoms with van der Waals surface area (Å²) in [5, 5.41) is 2.61. The average molecular weight is 408 g/mol. The van der Waals surface area contributed by atoms with Gasteiger partial charge in [-0.3, -0.25) is 9.59 Å². The molecule has 1 saturated heterocycles. The lowest BCUT2D eigenvalue weighted by Gasteiger charge is -2.16. The number of aromatic nitrogens is 4. The third-order valence-electron chi connectivity index (χ3n) is 4.85. The number of hydrogen-bond donors (Lipinski definition) is 2. The number of fused-ring (bicyclic) bond motifs is 1. The molecule has 0 saturated carbocycles. The number of carbonyl (C=O) groups is 3. The van der Waals surface area contributed by atoms with E-state index in [2.05, 4.69) is 25.3 Å². The Morgan fingerprint density at radius 2 is 2.03 bits per heavy atom. The molecular formula is C20H20N6O4. The molecule has 154 valence electrons. The van der Waals surface area contributed by atoms with Crippen LogP contribution in [-0.2, 0) is 20.9 Å². The van der Waals surface area contributed by atoms with Crippen LogP contribution in [0.4, 0.5) is 5.82 Å². The zero-order valence-corrected chi connectivity index (χ0v) is 16.3. The molecule has 1 unspecified atom stereocenters. The Hall–Kier alpha value is -3.82. The van der Waals surface area contributed by atoms with E-state index in [9.17, 15) is 14.4 Å². The molecule has 2 N–H and O–H groups in total. The summed E-state index contributed by atoms with van der Waals surface area (Å²) in [5.41, 5.74) is 2.15. The number of anilines is 1. The summed E-state index contributed by atoms with van der Waals surface area (Å²) in [6.45, 7) is 2.76. The highest BCUT2D eigenvalue weighted by molar-refractivity contribution is 6.00. The van der Waals surface area contributed by atoms with Gasteiger partial charge in [0.25, 0.3) is 5.91 Å². The zero-order chi connectivity index (χ0) is 21.1. The minimum Gasteiger partial charge on any atom is -0.449 e. The van der Waals surface area contributed by atoms with E-state index in [0.717, 1.165) is 18.5 Å². The monoisotopic (exact) mass is 408 g/mol. The molecule has 1 aliphatic heterocycles. The number of hydrogen-bond acceptors (Lipinski definition) is 7. The van der Waals surface area contributed by atoms with E-state index in [1.54, 1.807) is 29.2 Å². The lowest BCUT2D eigenvalue weighted by molar-refractivity contribution is -0.128. The Bertz CT molecular complexity index is 1090. The van der Waals surface area contributed by atoms with Crippen LogP contribution >= 0.6 is 0 Å². The minimum atomic E-state index is -1.03. The number of aromatic amines is 1. The number of rotatable bonds is 6. The van der Waals surface area contributed by atoms with Crippen molar-refractivity contribution in [2.24, 2.45) is 0 Å². The van der Waals surface area contributed by atoms with Crippen LogP contribution in [0, 0.1) is 0 Å². The normalized spacial score (nSPS) is 14.7. The van der Waals surface area contributed by atoms with Crippen LogP contribution in [0.1, 0.15) is 35.7 Å². The molecule has 0 aliphatic carbocycles. The second kappa shape index (κ2) is 8.27. The molecule has 0 spiro atoms. The van der Waals surface area contributed by atoms with Crippen LogP contribution in [0.3, 0.4) is 0 Å². The number of amides is 2. The number of nitrogens with zero attached hydrogens (tertiary/aromatic N) is 4. The van der Waals surface area contributed by atoms with E-state index in [0.29, 0.717) is 29.7 Å². The largest absolute Gasteiger partial charge is 0.449 e. The molecule has 1 fully saturated rings. The van der Waals surface area contributed by atoms with Crippen molar-refractivity contribution >= 4 is 34.8 Å². The first-order valence-electron chi connectivity index (χ1n) is 9.54. The number of esters is 1. The third-order valence-corrected chi connectivity index (χ3v) is 4.85. The summed E-state index contributed by atoms with van der Waals surface area (Å²) in [6.07, 6.45) is 3.16. The maximum atomic E-state index is 12.4. The van der Waals surface area contributed by atoms with E-state index >= 15 is 0 Å². The molecular weight excluding hydrogens is 388 g/mol. The van der Waals surface area contributed by atoms with Gasteiger partial charge >= 0.3 is 5.97 Å². The van der Waals surface area contributed by atoms with Crippen molar-refractivity contribution < 1.29 is 19.1 Å². The minimum absolute atomic E-state index is 0.148. The summed E-state index contributed by atoms with van der Waals surface area (Å²) in [7, 11) is 0. The van der Waals surface area contributed by atoms with Crippen molar-refractivity contribution in [3.63, 3.8) is 0 Å². The lowest BCUT2D eigenvalue weighted by Crippen LogP contribution is -2.30. The van der Waals surface area contributed by atoms with Crippen molar-refractivity contribution in [3.05, 3.63) is 48.0 Å². The van der Waals surface area contributed by atoms with Crippen LogP contribution in [0.15, 0.2) is 36.9 Å². The molecule has 1 aliphatic rings. The topological polar surface area (TPSA) is 130 Å². The van der Waals surface area contributed by atoms with E-state index in [4.69, 9.17) is 4.74 Å². The first kappa shape index (κ1) is 19.5. The Kier molecular flexibility index (Phi) is 5.38. The van der Waals surface area contributed by atoms with E-state index in [1.165, 1.54) is 19.6 Å². The van der Waals surface area contributed by atoms with Gasteiger partial charge in [0.2, 0.25) is 5.91 Å². The van der Waals surface area contributed by atoms with Gasteiger partial charge in [-0.1, -0.05) is 12.1 Å². The van der Waals surface area contributed by atoms with Gasteiger partial charge in [-0.2, -0.15) is 0 Å². The Morgan fingerprint density at radius 1 is 1.23 bits per heavy atom. The highest BCUT2D eigenvalue weighted by Gasteiger charge is 2.22. The van der Waals surface area contributed by atoms with Crippen molar-refractivity contribution in [2.75, 3.05) is 11.9 Å². The summed E-state index contributed by atoms with van der Waals surface area (Å²) >= 11 is 0. The first-order valence-corrected chi connectivity index (χ1v) is 9.54. The standard InChI is InChI=1S/C20H20N6O4/c1-12(19(28)25-18-16-17(22-10-21-16)23-11-24-18)30-20(29)14-6-4-13(5-7-14)9-26-8-2-3-15(26)27/h4-7,10-12H,2-3,8-9H2,1H3,(H2,21,22,23,24,25,28). The molecule has 10 nitrogen and oxygen atoms in total. The van der Waals surface area contributed by atoms with Gasteiger partial charge in [0, 0.05) is 19.5 Å². The maximum absolute atomic E-state index is 12.4. The lowest BCUT2D eigenvalue weighted by atomic mass is 10.1. The summed E-state index contributed by atoms with van der Waals surface area (Å²) < 4.78 is 5.27. The number of carbonyl (C=O) groups excluding carboxylic acids is 3. The molecule has 3 aromatic rings. The molecule has 3 heterocycles. The van der Waals surface area contributed by atoms with Crippen molar-refractivity contribution in [1.82, 2.24) is 24.8 Å². The van der Waals surface area contributed by atoms with E-state index in [-0.39, 0.29) is 11.7 Å². The SMILES string of the molecule is CC(OC(=O)c1ccc(CN2CCCC2=O)cc1)C(=O)Nc1ncnc2nc[nH]c12. The Morgan fingerprint density at radius 3 is 2.77 bits per heavy atom.